The number of anilines is 1. The Bertz CT molecular complexity index is 1690. The molecule has 57 heavy (non-hydrogen) atoms. The van der Waals surface area contributed by atoms with Crippen LogP contribution in [0.1, 0.15) is 76.2 Å². The first-order valence-electron chi connectivity index (χ1n) is 18.2. The predicted molar refractivity (Wildman–Crippen MR) is 206 cm³/mol. The summed E-state index contributed by atoms with van der Waals surface area (Å²) in [5.74, 6) is -7.14. The molecule has 22 heteroatoms. The van der Waals surface area contributed by atoms with Crippen molar-refractivity contribution in [3.05, 3.63) is 29.3 Å². The maximum Gasteiger partial charge on any atom is 0.312 e. The van der Waals surface area contributed by atoms with Gasteiger partial charge in [0.15, 0.2) is 0 Å². The van der Waals surface area contributed by atoms with Gasteiger partial charge >= 0.3 is 12.0 Å². The maximum absolute atomic E-state index is 13.7. The average Bonchev–Trinajstić information content (AvgIpc) is 3.11. The fraction of sp³-hybridized carbons (Fsp3) is 0.600. The van der Waals surface area contributed by atoms with E-state index in [9.17, 15) is 51.3 Å². The van der Waals surface area contributed by atoms with E-state index in [4.69, 9.17) is 20.9 Å². The molecule has 0 spiro atoms. The van der Waals surface area contributed by atoms with Gasteiger partial charge in [0.2, 0.25) is 23.6 Å². The van der Waals surface area contributed by atoms with Gasteiger partial charge in [0.1, 0.15) is 36.3 Å². The maximum atomic E-state index is 13.7. The highest BCUT2D eigenvalue weighted by molar-refractivity contribution is 7.85. The van der Waals surface area contributed by atoms with Gasteiger partial charge in [-0.3, -0.25) is 38.1 Å². The fourth-order valence-corrected chi connectivity index (χ4v) is 5.45. The van der Waals surface area contributed by atoms with E-state index >= 15 is 0 Å². The number of ketones is 1. The molecule has 0 aliphatic heterocycles. The van der Waals surface area contributed by atoms with Gasteiger partial charge in [0, 0.05) is 49.3 Å². The lowest BCUT2D eigenvalue weighted by Crippen LogP contribution is -2.59. The molecule has 1 aromatic carbocycles. The average molecular weight is 829 g/mol. The van der Waals surface area contributed by atoms with Gasteiger partial charge in [-0.2, -0.15) is 8.42 Å². The zero-order valence-corrected chi connectivity index (χ0v) is 33.6. The Hall–Kier alpha value is -5.19. The number of carbonyl (C=O) groups is 8. The molecular weight excluding hydrogens is 772 g/mol. The molecule has 1 rings (SSSR count). The molecule has 1 aromatic rings. The van der Waals surface area contributed by atoms with Crippen molar-refractivity contribution < 1.29 is 60.8 Å². The first-order valence-corrected chi connectivity index (χ1v) is 19.8. The molecule has 320 valence electrons. The zero-order chi connectivity index (χ0) is 43.3. The second-order valence-electron chi connectivity index (χ2n) is 13.6. The lowest BCUT2D eigenvalue weighted by molar-refractivity contribution is -0.148. The molecule has 0 unspecified atom stereocenters. The highest BCUT2D eigenvalue weighted by Crippen LogP contribution is 2.19. The number of rotatable bonds is 26. The Labute approximate surface area is 331 Å². The van der Waals surface area contributed by atoms with Gasteiger partial charge in [-0.1, -0.05) is 33.8 Å². The lowest BCUT2D eigenvalue weighted by atomic mass is 10.0. The number of carbonyl (C=O) groups excluding carboxylic acids is 8. The molecule has 7 amide bonds. The minimum absolute atomic E-state index is 0.0212. The van der Waals surface area contributed by atoms with Gasteiger partial charge in [0.25, 0.3) is 16.0 Å². The molecule has 0 radical (unpaired) electrons. The molecule has 3 atom stereocenters. The minimum Gasteiger partial charge on any atom is -0.461 e. The van der Waals surface area contributed by atoms with Crippen LogP contribution < -0.4 is 43.4 Å². The summed E-state index contributed by atoms with van der Waals surface area (Å²) in [5, 5.41) is 14.7. The number of nitrogens with one attached hydrogen (secondary N) is 6. The number of primary amides is 1. The third-order valence-electron chi connectivity index (χ3n) is 7.84. The molecule has 0 aliphatic carbocycles. The van der Waals surface area contributed by atoms with Crippen LogP contribution in [0.4, 0.5) is 10.5 Å². The summed E-state index contributed by atoms with van der Waals surface area (Å²) in [6.45, 7) is 7.67. The summed E-state index contributed by atoms with van der Waals surface area (Å²) < 4.78 is 43.5. The van der Waals surface area contributed by atoms with Gasteiger partial charge in [-0.25, -0.2) is 4.79 Å². The third kappa shape index (κ3) is 20.5. The molecule has 11 N–H and O–H groups in total. The Balaban J connectivity index is 3.30. The van der Waals surface area contributed by atoms with E-state index in [1.165, 1.54) is 25.1 Å². The number of nitrogens with two attached hydrogens (primary N) is 2. The van der Waals surface area contributed by atoms with Crippen LogP contribution in [0, 0.1) is 11.8 Å². The van der Waals surface area contributed by atoms with Crippen molar-refractivity contribution in [1.29, 1.82) is 0 Å². The van der Waals surface area contributed by atoms with Crippen molar-refractivity contribution in [2.75, 3.05) is 43.9 Å². The van der Waals surface area contributed by atoms with E-state index in [2.05, 4.69) is 31.9 Å². The number of amides is 7. The van der Waals surface area contributed by atoms with E-state index in [1.54, 1.807) is 27.7 Å². The molecule has 0 saturated carbocycles. The Morgan fingerprint density at radius 3 is 2.09 bits per heavy atom. The van der Waals surface area contributed by atoms with Crippen LogP contribution in [-0.2, 0) is 55.0 Å². The molecule has 0 heterocycles. The van der Waals surface area contributed by atoms with Crippen LogP contribution in [0.5, 0.6) is 0 Å². The van der Waals surface area contributed by atoms with Crippen molar-refractivity contribution in [2.45, 2.75) is 85.0 Å². The van der Waals surface area contributed by atoms with Gasteiger partial charge in [-0.15, -0.1) is 0 Å². The van der Waals surface area contributed by atoms with Crippen molar-refractivity contribution in [3.63, 3.8) is 0 Å². The number of urea groups is 1. The number of benzene rings is 1. The first kappa shape index (κ1) is 49.8. The minimum atomic E-state index is -4.82. The largest absolute Gasteiger partial charge is 0.461 e. The summed E-state index contributed by atoms with van der Waals surface area (Å²) in [4.78, 5) is 101. The van der Waals surface area contributed by atoms with Gasteiger partial charge < -0.3 is 52.8 Å². The number of hydrogen-bond donors (Lipinski definition) is 9. The normalized spacial score (nSPS) is 12.8. The van der Waals surface area contributed by atoms with Gasteiger partial charge in [0.05, 0.1) is 19.1 Å². The topological polar surface area (TPSA) is 334 Å². The second-order valence-corrected chi connectivity index (χ2v) is 15.1. The monoisotopic (exact) mass is 828 g/mol. The van der Waals surface area contributed by atoms with Crippen molar-refractivity contribution in [2.24, 2.45) is 23.3 Å². The van der Waals surface area contributed by atoms with Crippen LogP contribution in [0.2, 0.25) is 0 Å². The predicted octanol–water partition coefficient (Wildman–Crippen LogP) is -1.15. The van der Waals surface area contributed by atoms with Crippen molar-refractivity contribution in [1.82, 2.24) is 26.6 Å². The highest BCUT2D eigenvalue weighted by atomic mass is 32.2. The number of ether oxygens (including phenoxy) is 2. The SMILES string of the molecule is CC(=O)CCOCCC(=O)N[C@@H](CS(=O)(=O)O)C(=O)N[C@H](C(=O)N[C@@H](CCCNC(N)=O)C(=O)Nc1ccc(COC(=O)C(C)C)c(C(=O)NCCN)c1)C(C)C. The Morgan fingerprint density at radius 1 is 0.842 bits per heavy atom. The number of Topliss-reactive ketones (excluding diaryl/α,β-unsaturated/α-hetero) is 1. The molecule has 0 aromatic heterocycles. The molecule has 0 fully saturated rings. The lowest BCUT2D eigenvalue weighted by Gasteiger charge is -2.27. The van der Waals surface area contributed by atoms with Crippen LogP contribution >= 0.6 is 0 Å². The number of hydrogen-bond acceptors (Lipinski definition) is 13. The Morgan fingerprint density at radius 2 is 1.51 bits per heavy atom. The first-order chi connectivity index (χ1) is 26.6. The second kappa shape index (κ2) is 25.1. The van der Waals surface area contributed by atoms with Crippen molar-refractivity contribution in [3.8, 4) is 0 Å². The summed E-state index contributed by atoms with van der Waals surface area (Å²) >= 11 is 0. The van der Waals surface area contributed by atoms with Crippen LogP contribution in [0.25, 0.3) is 0 Å². The number of esters is 1. The van der Waals surface area contributed by atoms with E-state index in [-0.39, 0.29) is 82.2 Å². The third-order valence-corrected chi connectivity index (χ3v) is 8.60. The molecule has 0 bridgehead atoms. The zero-order valence-electron chi connectivity index (χ0n) is 32.8. The molecule has 21 nitrogen and oxygen atoms in total. The summed E-state index contributed by atoms with van der Waals surface area (Å²) in [6.07, 6.45) is -0.147. The smallest absolute Gasteiger partial charge is 0.312 e. The van der Waals surface area contributed by atoms with Crippen molar-refractivity contribution >= 4 is 63.1 Å². The molecule has 0 saturated heterocycles. The van der Waals surface area contributed by atoms with E-state index in [0.29, 0.717) is 5.56 Å². The molecular formula is C35H56N8O13S. The van der Waals surface area contributed by atoms with E-state index in [0.717, 1.165) is 0 Å². The molecule has 0 aliphatic rings. The van der Waals surface area contributed by atoms with Crippen LogP contribution in [0.3, 0.4) is 0 Å². The summed E-state index contributed by atoms with van der Waals surface area (Å²) in [7, 11) is -4.82. The Kier molecular flexibility index (Phi) is 22.0. The van der Waals surface area contributed by atoms with E-state index in [1.807, 2.05) is 0 Å². The quantitative estimate of drug-likeness (QED) is 0.0303. The fourth-order valence-electron chi connectivity index (χ4n) is 4.80. The standard InChI is InChI=1S/C35H56N8O13S/c1-20(2)29(43-32(48)27(19-57(52,53)54)41-28(45)11-16-55-15-10-22(5)44)33(49)42-26(7-6-13-39-35(37)51)31(47)40-24-9-8-23(18-56-34(50)21(3)4)25(17-24)30(46)38-14-12-36/h8-9,17,20-21,26-27,29H,6-7,10-16,18-19,36H2,1-5H3,(H,38,46)(H,40,47)(H,41,45)(H,42,49)(H,43,48)(H3,37,39,51)(H,52,53,54)/t26-,27-,29-/m0/s1. The highest BCUT2D eigenvalue weighted by Gasteiger charge is 2.33. The van der Waals surface area contributed by atoms with Crippen LogP contribution in [-0.4, -0.2) is 117 Å². The van der Waals surface area contributed by atoms with Crippen LogP contribution in [0.15, 0.2) is 18.2 Å². The van der Waals surface area contributed by atoms with E-state index < -0.39 is 87.4 Å². The summed E-state index contributed by atoms with van der Waals surface area (Å²) in [6, 6.07) is -1.13. The summed E-state index contributed by atoms with van der Waals surface area (Å²) in [5.41, 5.74) is 11.2. The van der Waals surface area contributed by atoms with Gasteiger partial charge in [-0.05, 0) is 37.8 Å².